The molecule has 0 aromatic rings. The summed E-state index contributed by atoms with van der Waals surface area (Å²) in [6.07, 6.45) is 12.6. The Morgan fingerprint density at radius 1 is 1.21 bits per heavy atom. The zero-order valence-corrected chi connectivity index (χ0v) is 8.52. The van der Waals surface area contributed by atoms with Crippen molar-refractivity contribution in [2.75, 3.05) is 19.6 Å². The van der Waals surface area contributed by atoms with E-state index in [0.717, 1.165) is 36.6 Å². The van der Waals surface area contributed by atoms with Crippen molar-refractivity contribution in [3.05, 3.63) is 12.2 Å². The third-order valence-electron chi connectivity index (χ3n) is 4.31. The molecule has 1 aliphatic heterocycles. The first-order valence-electron chi connectivity index (χ1n) is 5.72. The van der Waals surface area contributed by atoms with Crippen LogP contribution in [0.5, 0.6) is 0 Å². The predicted octanol–water partition coefficient (Wildman–Crippen LogP) is 1.76. The van der Waals surface area contributed by atoms with E-state index in [0.29, 0.717) is 0 Å². The molecule has 1 heteroatoms. The Morgan fingerprint density at radius 2 is 1.86 bits per heavy atom. The molecule has 0 radical (unpaired) electrons. The van der Waals surface area contributed by atoms with Crippen LogP contribution in [-0.4, -0.2) is 24.5 Å². The van der Waals surface area contributed by atoms with Gasteiger partial charge in [0.05, 0.1) is 0 Å². The van der Waals surface area contributed by atoms with Crippen LogP contribution in [0, 0.1) is 36.0 Å². The van der Waals surface area contributed by atoms with Crippen molar-refractivity contribution in [1.82, 2.24) is 4.90 Å². The van der Waals surface area contributed by atoms with Gasteiger partial charge in [0.2, 0.25) is 0 Å². The average molecular weight is 187 g/mol. The number of hydrogen-bond donors (Lipinski definition) is 0. The zero-order valence-electron chi connectivity index (χ0n) is 8.52. The molecule has 0 amide bonds. The maximum atomic E-state index is 5.30. The molecule has 4 atom stereocenters. The summed E-state index contributed by atoms with van der Waals surface area (Å²) < 4.78 is 0. The highest BCUT2D eigenvalue weighted by molar-refractivity contribution is 5.16. The van der Waals surface area contributed by atoms with Crippen molar-refractivity contribution in [2.45, 2.75) is 12.8 Å². The van der Waals surface area contributed by atoms with Crippen LogP contribution < -0.4 is 0 Å². The molecule has 14 heavy (non-hydrogen) atoms. The maximum absolute atomic E-state index is 5.30. The molecule has 0 aromatic carbocycles. The molecule has 0 N–H and O–H groups in total. The highest BCUT2D eigenvalue weighted by Gasteiger charge is 2.48. The van der Waals surface area contributed by atoms with Gasteiger partial charge in [0.15, 0.2) is 0 Å². The Hall–Kier alpha value is -0.740. The number of fused-ring (bicyclic) bond motifs is 5. The first kappa shape index (κ1) is 8.56. The Labute approximate surface area is 86.2 Å². The van der Waals surface area contributed by atoms with Gasteiger partial charge in [-0.3, -0.25) is 0 Å². The van der Waals surface area contributed by atoms with E-state index in [-0.39, 0.29) is 0 Å². The number of nitrogens with zero attached hydrogens (tertiary/aromatic N) is 1. The van der Waals surface area contributed by atoms with Gasteiger partial charge in [0.25, 0.3) is 0 Å². The van der Waals surface area contributed by atoms with Gasteiger partial charge in [-0.15, -0.1) is 12.3 Å². The molecule has 1 saturated heterocycles. The van der Waals surface area contributed by atoms with Crippen LogP contribution >= 0.6 is 0 Å². The third kappa shape index (κ3) is 1.14. The van der Waals surface area contributed by atoms with Gasteiger partial charge in [-0.1, -0.05) is 12.2 Å². The quantitative estimate of drug-likeness (QED) is 0.470. The van der Waals surface area contributed by atoms with E-state index in [1.165, 1.54) is 19.5 Å². The highest BCUT2D eigenvalue weighted by Crippen LogP contribution is 2.51. The summed E-state index contributed by atoms with van der Waals surface area (Å²) in [5.74, 6) is 6.47. The van der Waals surface area contributed by atoms with Gasteiger partial charge in [0.1, 0.15) is 0 Å². The third-order valence-corrected chi connectivity index (χ3v) is 4.31. The SMILES string of the molecule is C#CCCN1C[C@@H]2C3C=CC(C3)[C@@H]2C1. The summed E-state index contributed by atoms with van der Waals surface area (Å²) in [5, 5.41) is 0. The molecular formula is C13H17N. The summed E-state index contributed by atoms with van der Waals surface area (Å²) in [5.41, 5.74) is 0. The molecule has 2 fully saturated rings. The summed E-state index contributed by atoms with van der Waals surface area (Å²) in [7, 11) is 0. The molecule has 0 aromatic heterocycles. The molecule has 1 nitrogen and oxygen atoms in total. The van der Waals surface area contributed by atoms with Crippen LogP contribution in [0.1, 0.15) is 12.8 Å². The van der Waals surface area contributed by atoms with Gasteiger partial charge in [-0.25, -0.2) is 0 Å². The lowest BCUT2D eigenvalue weighted by Crippen LogP contribution is -2.23. The van der Waals surface area contributed by atoms with Gasteiger partial charge in [0, 0.05) is 26.1 Å². The molecule has 2 bridgehead atoms. The standard InChI is InChI=1S/C13H17N/c1-2-3-6-14-8-12-10-4-5-11(7-10)13(12)9-14/h1,4-5,10-13H,3,6-9H2/t10?,11?,12-,13+. The van der Waals surface area contributed by atoms with E-state index in [1.807, 2.05) is 0 Å². The van der Waals surface area contributed by atoms with Crippen molar-refractivity contribution in [3.63, 3.8) is 0 Å². The summed E-state index contributed by atoms with van der Waals surface area (Å²) in [6.45, 7) is 3.72. The Morgan fingerprint density at radius 3 is 2.43 bits per heavy atom. The number of terminal acetylenes is 1. The van der Waals surface area contributed by atoms with E-state index in [2.05, 4.69) is 23.0 Å². The number of rotatable bonds is 2. The second-order valence-corrected chi connectivity index (χ2v) is 4.99. The smallest absolute Gasteiger partial charge is 0.0214 e. The van der Waals surface area contributed by atoms with Crippen LogP contribution in [0.4, 0.5) is 0 Å². The lowest BCUT2D eigenvalue weighted by Gasteiger charge is -2.17. The van der Waals surface area contributed by atoms with E-state index >= 15 is 0 Å². The minimum absolute atomic E-state index is 0.904. The Bertz CT molecular complexity index is 279. The number of hydrogen-bond acceptors (Lipinski definition) is 1. The molecule has 1 saturated carbocycles. The molecule has 2 unspecified atom stereocenters. The highest BCUT2D eigenvalue weighted by atomic mass is 15.2. The van der Waals surface area contributed by atoms with Crippen molar-refractivity contribution in [3.8, 4) is 12.3 Å². The number of allylic oxidation sites excluding steroid dienone is 2. The van der Waals surface area contributed by atoms with Crippen LogP contribution in [0.3, 0.4) is 0 Å². The van der Waals surface area contributed by atoms with Crippen LogP contribution in [0.25, 0.3) is 0 Å². The second kappa shape index (κ2) is 3.14. The van der Waals surface area contributed by atoms with Gasteiger partial charge in [-0.05, 0) is 30.1 Å². The molecule has 3 aliphatic rings. The first-order chi connectivity index (χ1) is 6.88. The molecule has 2 aliphatic carbocycles. The maximum Gasteiger partial charge on any atom is 0.0214 e. The molecule has 0 spiro atoms. The fourth-order valence-corrected chi connectivity index (χ4v) is 3.64. The normalized spacial score (nSPS) is 44.2. The second-order valence-electron chi connectivity index (χ2n) is 4.99. The van der Waals surface area contributed by atoms with Crippen LogP contribution in [0.2, 0.25) is 0 Å². The molecule has 74 valence electrons. The minimum Gasteiger partial charge on any atom is -0.302 e. The summed E-state index contributed by atoms with van der Waals surface area (Å²) >= 11 is 0. The fourth-order valence-electron chi connectivity index (χ4n) is 3.64. The number of likely N-dealkylation sites (tertiary alicyclic amines) is 1. The molecule has 3 rings (SSSR count). The first-order valence-corrected chi connectivity index (χ1v) is 5.72. The summed E-state index contributed by atoms with van der Waals surface area (Å²) in [4.78, 5) is 2.57. The van der Waals surface area contributed by atoms with Crippen LogP contribution in [0.15, 0.2) is 12.2 Å². The lowest BCUT2D eigenvalue weighted by molar-refractivity contribution is 0.305. The minimum atomic E-state index is 0.904. The van der Waals surface area contributed by atoms with Crippen molar-refractivity contribution >= 4 is 0 Å². The van der Waals surface area contributed by atoms with Gasteiger partial charge < -0.3 is 4.90 Å². The van der Waals surface area contributed by atoms with Crippen molar-refractivity contribution in [2.24, 2.45) is 23.7 Å². The van der Waals surface area contributed by atoms with Crippen molar-refractivity contribution in [1.29, 1.82) is 0 Å². The average Bonchev–Trinajstić information content (AvgIpc) is 2.85. The largest absolute Gasteiger partial charge is 0.302 e. The van der Waals surface area contributed by atoms with E-state index in [4.69, 9.17) is 6.42 Å². The monoisotopic (exact) mass is 187 g/mol. The molecular weight excluding hydrogens is 170 g/mol. The van der Waals surface area contributed by atoms with E-state index in [9.17, 15) is 0 Å². The summed E-state index contributed by atoms with van der Waals surface area (Å²) in [6, 6.07) is 0. The fraction of sp³-hybridized carbons (Fsp3) is 0.692. The predicted molar refractivity (Wildman–Crippen MR) is 57.6 cm³/mol. The molecule has 1 heterocycles. The lowest BCUT2D eigenvalue weighted by atomic mass is 9.86. The van der Waals surface area contributed by atoms with Crippen LogP contribution in [-0.2, 0) is 0 Å². The van der Waals surface area contributed by atoms with Gasteiger partial charge in [-0.2, -0.15) is 0 Å². The van der Waals surface area contributed by atoms with E-state index in [1.54, 1.807) is 0 Å². The Balaban J connectivity index is 1.65. The topological polar surface area (TPSA) is 3.24 Å². The van der Waals surface area contributed by atoms with E-state index < -0.39 is 0 Å². The zero-order chi connectivity index (χ0) is 9.54. The van der Waals surface area contributed by atoms with Crippen molar-refractivity contribution < 1.29 is 0 Å². The Kier molecular flexibility index (Phi) is 1.92. The van der Waals surface area contributed by atoms with Gasteiger partial charge >= 0.3 is 0 Å².